The van der Waals surface area contributed by atoms with Gasteiger partial charge in [-0.3, -0.25) is 4.79 Å². The lowest BCUT2D eigenvalue weighted by atomic mass is 10.0. The molecule has 7 nitrogen and oxygen atoms in total. The van der Waals surface area contributed by atoms with E-state index in [9.17, 15) is 9.59 Å². The number of amides is 1. The standard InChI is InChI=1S/C23H27NO6/c1-15(2)16-6-9-18(10-7-16)24-22(25)14-30-23(26)11-8-17-12-20(28-4)21(29-5)13-19(17)27-3/h6-13,15H,14H2,1-5H3,(H,24,25)/b11-8+. The number of hydrogen-bond acceptors (Lipinski definition) is 6. The zero-order valence-electron chi connectivity index (χ0n) is 17.9. The smallest absolute Gasteiger partial charge is 0.331 e. The summed E-state index contributed by atoms with van der Waals surface area (Å²) in [6.45, 7) is 3.80. The predicted molar refractivity (Wildman–Crippen MR) is 115 cm³/mol. The van der Waals surface area contributed by atoms with Gasteiger partial charge in [-0.15, -0.1) is 0 Å². The zero-order chi connectivity index (χ0) is 22.1. The van der Waals surface area contributed by atoms with Gasteiger partial charge in [-0.05, 0) is 35.8 Å². The number of methoxy groups -OCH3 is 3. The summed E-state index contributed by atoms with van der Waals surface area (Å²) in [5, 5.41) is 2.69. The molecule has 0 saturated carbocycles. The van der Waals surface area contributed by atoms with Crippen molar-refractivity contribution in [2.24, 2.45) is 0 Å². The van der Waals surface area contributed by atoms with Gasteiger partial charge < -0.3 is 24.3 Å². The molecule has 0 saturated heterocycles. The molecule has 7 heteroatoms. The van der Waals surface area contributed by atoms with Gasteiger partial charge in [-0.1, -0.05) is 26.0 Å². The van der Waals surface area contributed by atoms with Gasteiger partial charge in [0, 0.05) is 23.4 Å². The van der Waals surface area contributed by atoms with E-state index < -0.39 is 18.5 Å². The third-order valence-corrected chi connectivity index (χ3v) is 4.34. The maximum absolute atomic E-state index is 12.0. The molecule has 0 fully saturated rings. The second kappa shape index (κ2) is 10.9. The van der Waals surface area contributed by atoms with Crippen LogP contribution < -0.4 is 19.5 Å². The summed E-state index contributed by atoms with van der Waals surface area (Å²) in [5.74, 6) is 0.835. The van der Waals surface area contributed by atoms with Gasteiger partial charge >= 0.3 is 5.97 Å². The number of rotatable bonds is 9. The summed E-state index contributed by atoms with van der Waals surface area (Å²) >= 11 is 0. The molecule has 0 aromatic heterocycles. The second-order valence-electron chi connectivity index (χ2n) is 6.72. The SMILES string of the molecule is COc1cc(OC)c(OC)cc1/C=C/C(=O)OCC(=O)Nc1ccc(C(C)C)cc1. The van der Waals surface area contributed by atoms with E-state index >= 15 is 0 Å². The van der Waals surface area contributed by atoms with Gasteiger partial charge in [-0.25, -0.2) is 4.79 Å². The van der Waals surface area contributed by atoms with Gasteiger partial charge in [0.1, 0.15) is 5.75 Å². The van der Waals surface area contributed by atoms with Crippen molar-refractivity contribution in [2.75, 3.05) is 33.3 Å². The van der Waals surface area contributed by atoms with E-state index in [-0.39, 0.29) is 0 Å². The van der Waals surface area contributed by atoms with Crippen LogP contribution >= 0.6 is 0 Å². The molecule has 0 aliphatic carbocycles. The Kier molecular flexibility index (Phi) is 8.29. The van der Waals surface area contributed by atoms with Crippen LogP contribution in [0.5, 0.6) is 17.2 Å². The first kappa shape index (κ1) is 22.8. The van der Waals surface area contributed by atoms with Crippen LogP contribution in [-0.4, -0.2) is 39.8 Å². The molecule has 0 aliphatic rings. The second-order valence-corrected chi connectivity index (χ2v) is 6.72. The number of benzene rings is 2. The molecule has 0 spiro atoms. The highest BCUT2D eigenvalue weighted by Crippen LogP contribution is 2.35. The number of anilines is 1. The minimum absolute atomic E-state index is 0.391. The Morgan fingerprint density at radius 1 is 0.933 bits per heavy atom. The van der Waals surface area contributed by atoms with Crippen molar-refractivity contribution in [3.05, 3.63) is 53.6 Å². The Hall–Kier alpha value is -3.48. The van der Waals surface area contributed by atoms with Crippen LogP contribution in [0.15, 0.2) is 42.5 Å². The summed E-state index contributed by atoms with van der Waals surface area (Å²) in [7, 11) is 4.55. The minimum atomic E-state index is -0.655. The first-order valence-electron chi connectivity index (χ1n) is 9.42. The lowest BCUT2D eigenvalue weighted by Gasteiger charge is -2.12. The van der Waals surface area contributed by atoms with E-state index in [1.54, 1.807) is 12.1 Å². The molecule has 0 radical (unpaired) electrons. The van der Waals surface area contributed by atoms with E-state index in [0.29, 0.717) is 34.4 Å². The average Bonchev–Trinajstić information content (AvgIpc) is 2.75. The Morgan fingerprint density at radius 3 is 2.10 bits per heavy atom. The van der Waals surface area contributed by atoms with Crippen LogP contribution in [-0.2, 0) is 14.3 Å². The summed E-state index contributed by atoms with van der Waals surface area (Å²) in [6, 6.07) is 10.9. The monoisotopic (exact) mass is 413 g/mol. The van der Waals surface area contributed by atoms with E-state index in [4.69, 9.17) is 18.9 Å². The summed E-state index contributed by atoms with van der Waals surface area (Å²) < 4.78 is 20.8. The third-order valence-electron chi connectivity index (χ3n) is 4.34. The van der Waals surface area contributed by atoms with E-state index in [1.165, 1.54) is 39.0 Å². The molecular weight excluding hydrogens is 386 g/mol. The molecule has 1 amide bonds. The Labute approximate surface area is 176 Å². The molecule has 0 bridgehead atoms. The number of carbonyl (C=O) groups excluding carboxylic acids is 2. The Balaban J connectivity index is 1.93. The first-order chi connectivity index (χ1) is 14.4. The lowest BCUT2D eigenvalue weighted by Crippen LogP contribution is -2.20. The first-order valence-corrected chi connectivity index (χ1v) is 9.42. The van der Waals surface area contributed by atoms with Gasteiger partial charge in [0.25, 0.3) is 5.91 Å². The van der Waals surface area contributed by atoms with Crippen LogP contribution in [0.2, 0.25) is 0 Å². The van der Waals surface area contributed by atoms with E-state index in [0.717, 1.165) is 0 Å². The largest absolute Gasteiger partial charge is 0.496 e. The molecule has 0 aliphatic heterocycles. The van der Waals surface area contributed by atoms with Gasteiger partial charge in [0.2, 0.25) is 0 Å². The fraction of sp³-hybridized carbons (Fsp3) is 0.304. The predicted octanol–water partition coefficient (Wildman–Crippen LogP) is 4.03. The van der Waals surface area contributed by atoms with Crippen LogP contribution in [0.4, 0.5) is 5.69 Å². The molecule has 0 atom stereocenters. The van der Waals surface area contributed by atoms with Gasteiger partial charge in [-0.2, -0.15) is 0 Å². The Bertz CT molecular complexity index is 903. The minimum Gasteiger partial charge on any atom is -0.496 e. The summed E-state index contributed by atoms with van der Waals surface area (Å²) in [4.78, 5) is 24.0. The van der Waals surface area contributed by atoms with Crippen molar-refractivity contribution in [3.63, 3.8) is 0 Å². The normalized spacial score (nSPS) is 10.7. The van der Waals surface area contributed by atoms with Crippen molar-refractivity contribution in [1.29, 1.82) is 0 Å². The average molecular weight is 413 g/mol. The highest BCUT2D eigenvalue weighted by molar-refractivity contribution is 5.94. The maximum Gasteiger partial charge on any atom is 0.331 e. The van der Waals surface area contributed by atoms with Crippen molar-refractivity contribution < 1.29 is 28.5 Å². The molecule has 0 unspecified atom stereocenters. The van der Waals surface area contributed by atoms with Crippen molar-refractivity contribution in [3.8, 4) is 17.2 Å². The molecule has 2 aromatic rings. The fourth-order valence-electron chi connectivity index (χ4n) is 2.67. The molecular formula is C23H27NO6. The number of esters is 1. The summed E-state index contributed by atoms with van der Waals surface area (Å²) in [5.41, 5.74) is 2.42. The highest BCUT2D eigenvalue weighted by Gasteiger charge is 2.11. The topological polar surface area (TPSA) is 83.1 Å². The van der Waals surface area contributed by atoms with Gasteiger partial charge in [0.15, 0.2) is 18.1 Å². The van der Waals surface area contributed by atoms with Crippen LogP contribution in [0, 0.1) is 0 Å². The highest BCUT2D eigenvalue weighted by atomic mass is 16.5. The number of ether oxygens (including phenoxy) is 4. The van der Waals surface area contributed by atoms with Crippen LogP contribution in [0.1, 0.15) is 30.9 Å². The fourth-order valence-corrected chi connectivity index (χ4v) is 2.67. The number of nitrogens with one attached hydrogen (secondary N) is 1. The van der Waals surface area contributed by atoms with Crippen molar-refractivity contribution in [2.45, 2.75) is 19.8 Å². The molecule has 2 aromatic carbocycles. The summed E-state index contributed by atoms with van der Waals surface area (Å²) in [6.07, 6.45) is 2.74. The lowest BCUT2D eigenvalue weighted by molar-refractivity contribution is -0.142. The molecule has 2 rings (SSSR count). The number of carbonyl (C=O) groups is 2. The van der Waals surface area contributed by atoms with E-state index in [1.807, 2.05) is 24.3 Å². The zero-order valence-corrected chi connectivity index (χ0v) is 17.9. The number of hydrogen-bond donors (Lipinski definition) is 1. The van der Waals surface area contributed by atoms with E-state index in [2.05, 4.69) is 19.2 Å². The third kappa shape index (κ3) is 6.27. The molecule has 0 heterocycles. The molecule has 30 heavy (non-hydrogen) atoms. The Morgan fingerprint density at radius 2 is 1.53 bits per heavy atom. The quantitative estimate of drug-likeness (QED) is 0.494. The molecule has 160 valence electrons. The van der Waals surface area contributed by atoms with Crippen LogP contribution in [0.25, 0.3) is 6.08 Å². The van der Waals surface area contributed by atoms with Crippen molar-refractivity contribution >= 4 is 23.6 Å². The van der Waals surface area contributed by atoms with Gasteiger partial charge in [0.05, 0.1) is 21.3 Å². The van der Waals surface area contributed by atoms with Crippen molar-refractivity contribution in [1.82, 2.24) is 0 Å². The maximum atomic E-state index is 12.0. The molecule has 1 N–H and O–H groups in total. The van der Waals surface area contributed by atoms with Crippen LogP contribution in [0.3, 0.4) is 0 Å².